The monoisotopic (exact) mass is 350 g/mol. The summed E-state index contributed by atoms with van der Waals surface area (Å²) in [5, 5.41) is 9.57. The van der Waals surface area contributed by atoms with Gasteiger partial charge in [0.25, 0.3) is 0 Å². The normalized spacial score (nSPS) is 10.7. The van der Waals surface area contributed by atoms with E-state index in [9.17, 15) is 9.90 Å². The second-order valence-corrected chi connectivity index (χ2v) is 5.02. The van der Waals surface area contributed by atoms with Crippen LogP contribution in [0, 0.1) is 3.57 Å². The zero-order valence-electron chi connectivity index (χ0n) is 9.51. The number of halogens is 1. The van der Waals surface area contributed by atoms with Gasteiger partial charge in [0.1, 0.15) is 5.75 Å². The third kappa shape index (κ3) is 3.20. The molecule has 1 N–H and O–H groups in total. The lowest BCUT2D eigenvalue weighted by molar-refractivity contribution is 0.104. The van der Waals surface area contributed by atoms with Gasteiger partial charge in [0.15, 0.2) is 5.78 Å². The topological polar surface area (TPSA) is 37.3 Å². The van der Waals surface area contributed by atoms with E-state index in [0.717, 1.165) is 9.13 Å². The van der Waals surface area contributed by atoms with Crippen LogP contribution >= 0.6 is 22.6 Å². The maximum atomic E-state index is 11.9. The highest BCUT2D eigenvalue weighted by Gasteiger charge is 2.06. The van der Waals surface area contributed by atoms with Gasteiger partial charge in [-0.05, 0) is 58.5 Å². The fourth-order valence-corrected chi connectivity index (χ4v) is 2.12. The van der Waals surface area contributed by atoms with Gasteiger partial charge in [-0.3, -0.25) is 4.79 Å². The highest BCUT2D eigenvalue weighted by Crippen LogP contribution is 2.17. The summed E-state index contributed by atoms with van der Waals surface area (Å²) in [5.74, 6) is -0.193. The summed E-state index contributed by atoms with van der Waals surface area (Å²) in [6.45, 7) is 0. The van der Waals surface area contributed by atoms with E-state index in [1.165, 1.54) is 12.1 Å². The Morgan fingerprint density at radius 3 is 2.61 bits per heavy atom. The number of para-hydroxylation sites is 1. The molecule has 0 unspecified atom stereocenters. The van der Waals surface area contributed by atoms with Crippen molar-refractivity contribution in [1.82, 2.24) is 0 Å². The molecule has 0 heterocycles. The third-order valence-corrected chi connectivity index (χ3v) is 3.12. The first-order chi connectivity index (χ1) is 8.66. The number of allylic oxidation sites excluding steroid dienone is 1. The summed E-state index contributed by atoms with van der Waals surface area (Å²) in [4.78, 5) is 11.9. The average molecular weight is 350 g/mol. The van der Waals surface area contributed by atoms with E-state index in [1.54, 1.807) is 24.3 Å². The molecule has 0 atom stereocenters. The van der Waals surface area contributed by atoms with Crippen molar-refractivity contribution in [1.29, 1.82) is 0 Å². The number of aromatic hydroxyl groups is 1. The minimum atomic E-state index is -0.202. The van der Waals surface area contributed by atoms with Crippen molar-refractivity contribution in [2.45, 2.75) is 0 Å². The van der Waals surface area contributed by atoms with E-state index >= 15 is 0 Å². The molecule has 18 heavy (non-hydrogen) atoms. The Hall–Kier alpha value is -1.62. The number of rotatable bonds is 3. The van der Waals surface area contributed by atoms with Crippen molar-refractivity contribution in [3.8, 4) is 5.75 Å². The maximum Gasteiger partial charge on any atom is 0.189 e. The van der Waals surface area contributed by atoms with Gasteiger partial charge >= 0.3 is 0 Å². The molecule has 3 heteroatoms. The summed E-state index contributed by atoms with van der Waals surface area (Å²) in [6.07, 6.45) is 3.22. The van der Waals surface area contributed by atoms with Gasteiger partial charge < -0.3 is 5.11 Å². The smallest absolute Gasteiger partial charge is 0.189 e. The van der Waals surface area contributed by atoms with Crippen molar-refractivity contribution in [2.24, 2.45) is 0 Å². The Morgan fingerprint density at radius 2 is 1.89 bits per heavy atom. The summed E-state index contributed by atoms with van der Waals surface area (Å²) in [5.41, 5.74) is 1.28. The number of benzene rings is 2. The molecular weight excluding hydrogens is 339 g/mol. The van der Waals surface area contributed by atoms with Crippen LogP contribution in [0.25, 0.3) is 6.08 Å². The summed E-state index contributed by atoms with van der Waals surface area (Å²) >= 11 is 2.22. The van der Waals surface area contributed by atoms with Gasteiger partial charge in [0.2, 0.25) is 0 Å². The first-order valence-electron chi connectivity index (χ1n) is 5.43. The number of phenols is 1. The molecule has 0 saturated heterocycles. The van der Waals surface area contributed by atoms with Gasteiger partial charge in [0.05, 0.1) is 5.56 Å². The second-order valence-electron chi connectivity index (χ2n) is 3.77. The fraction of sp³-hybridized carbons (Fsp3) is 0. The zero-order chi connectivity index (χ0) is 13.0. The van der Waals surface area contributed by atoms with Gasteiger partial charge in [-0.15, -0.1) is 0 Å². The van der Waals surface area contributed by atoms with Crippen LogP contribution < -0.4 is 0 Å². The highest BCUT2D eigenvalue weighted by atomic mass is 127. The van der Waals surface area contributed by atoms with E-state index in [1.807, 2.05) is 24.3 Å². The average Bonchev–Trinajstić information content (AvgIpc) is 2.37. The number of ketones is 1. The molecule has 0 amide bonds. The molecule has 2 rings (SSSR count). The molecular formula is C15H11IO2. The van der Waals surface area contributed by atoms with E-state index < -0.39 is 0 Å². The maximum absolute atomic E-state index is 11.9. The van der Waals surface area contributed by atoms with Crippen LogP contribution in [0.5, 0.6) is 5.75 Å². The molecule has 0 saturated carbocycles. The molecule has 2 aromatic rings. The van der Waals surface area contributed by atoms with Crippen LogP contribution in [-0.4, -0.2) is 10.9 Å². The van der Waals surface area contributed by atoms with E-state index in [0.29, 0.717) is 5.56 Å². The minimum Gasteiger partial charge on any atom is -0.507 e. The molecule has 0 spiro atoms. The Labute approximate surface area is 119 Å². The first kappa shape index (κ1) is 12.8. The van der Waals surface area contributed by atoms with Gasteiger partial charge in [-0.1, -0.05) is 30.3 Å². The SMILES string of the molecule is O=C(/C=C/c1cccc(I)c1)c1ccccc1O. The molecule has 90 valence electrons. The highest BCUT2D eigenvalue weighted by molar-refractivity contribution is 14.1. The number of phenolic OH excluding ortho intramolecular Hbond substituents is 1. The van der Waals surface area contributed by atoms with Crippen molar-refractivity contribution < 1.29 is 9.90 Å². The molecule has 2 aromatic carbocycles. The first-order valence-corrected chi connectivity index (χ1v) is 6.50. The zero-order valence-corrected chi connectivity index (χ0v) is 11.7. The fourth-order valence-electron chi connectivity index (χ4n) is 1.55. The molecule has 0 aromatic heterocycles. The van der Waals surface area contributed by atoms with Crippen molar-refractivity contribution in [3.05, 3.63) is 69.3 Å². The molecule has 0 aliphatic carbocycles. The van der Waals surface area contributed by atoms with Crippen molar-refractivity contribution in [3.63, 3.8) is 0 Å². The van der Waals surface area contributed by atoms with Gasteiger partial charge in [-0.25, -0.2) is 0 Å². The van der Waals surface area contributed by atoms with E-state index in [2.05, 4.69) is 22.6 Å². The molecule has 0 fully saturated rings. The van der Waals surface area contributed by atoms with Crippen LogP contribution in [0.3, 0.4) is 0 Å². The molecule has 2 nitrogen and oxygen atoms in total. The van der Waals surface area contributed by atoms with E-state index in [4.69, 9.17) is 0 Å². The standard InChI is InChI=1S/C15H11IO2/c16-12-5-3-4-11(10-12)8-9-15(18)13-6-1-2-7-14(13)17/h1-10,17H/b9-8+. The van der Waals surface area contributed by atoms with E-state index in [-0.39, 0.29) is 11.5 Å². The van der Waals surface area contributed by atoms with Crippen LogP contribution in [-0.2, 0) is 0 Å². The summed E-state index contributed by atoms with van der Waals surface area (Å²) in [6, 6.07) is 14.4. The quantitative estimate of drug-likeness (QED) is 0.518. The van der Waals surface area contributed by atoms with Gasteiger partial charge in [0, 0.05) is 3.57 Å². The Bertz CT molecular complexity index is 603. The molecule has 0 radical (unpaired) electrons. The van der Waals surface area contributed by atoms with Crippen LogP contribution in [0.1, 0.15) is 15.9 Å². The Kier molecular flexibility index (Phi) is 4.15. The predicted molar refractivity (Wildman–Crippen MR) is 80.6 cm³/mol. The lowest BCUT2D eigenvalue weighted by Crippen LogP contribution is -1.94. The molecule has 0 bridgehead atoms. The number of carbonyl (C=O) groups is 1. The largest absolute Gasteiger partial charge is 0.507 e. The van der Waals surface area contributed by atoms with Crippen LogP contribution in [0.15, 0.2) is 54.6 Å². The minimum absolute atomic E-state index is 0.00907. The summed E-state index contributed by atoms with van der Waals surface area (Å²) in [7, 11) is 0. The summed E-state index contributed by atoms with van der Waals surface area (Å²) < 4.78 is 1.12. The van der Waals surface area contributed by atoms with Crippen LogP contribution in [0.2, 0.25) is 0 Å². The number of hydrogen-bond donors (Lipinski definition) is 1. The second kappa shape index (κ2) is 5.82. The molecule has 0 aliphatic rings. The molecule has 0 aliphatic heterocycles. The van der Waals surface area contributed by atoms with Crippen LogP contribution in [0.4, 0.5) is 0 Å². The van der Waals surface area contributed by atoms with Gasteiger partial charge in [-0.2, -0.15) is 0 Å². The Balaban J connectivity index is 2.20. The van der Waals surface area contributed by atoms with Crippen molar-refractivity contribution >= 4 is 34.5 Å². The lowest BCUT2D eigenvalue weighted by atomic mass is 10.1. The predicted octanol–water partition coefficient (Wildman–Crippen LogP) is 3.89. The van der Waals surface area contributed by atoms with Crippen molar-refractivity contribution in [2.75, 3.05) is 0 Å². The number of carbonyl (C=O) groups excluding carboxylic acids is 1. The Morgan fingerprint density at radius 1 is 1.11 bits per heavy atom. The third-order valence-electron chi connectivity index (χ3n) is 2.45. The lowest BCUT2D eigenvalue weighted by Gasteiger charge is -1.99. The number of hydrogen-bond acceptors (Lipinski definition) is 2.